The quantitative estimate of drug-likeness (QED) is 0.350. The maximum Gasteiger partial charge on any atom is 0.509 e. The molecule has 0 aromatic rings. The van der Waals surface area contributed by atoms with E-state index in [1.807, 2.05) is 0 Å². The zero-order valence-electron chi connectivity index (χ0n) is 18.9. The van der Waals surface area contributed by atoms with Crippen molar-refractivity contribution in [3.63, 3.8) is 0 Å². The number of carbonyl (C=O) groups is 2. The lowest BCUT2D eigenvalue weighted by atomic mass is 9.75. The molecule has 2 rings (SSSR count). The molecule has 0 spiro atoms. The van der Waals surface area contributed by atoms with E-state index in [4.69, 9.17) is 14.2 Å². The number of alkyl halides is 6. The summed E-state index contributed by atoms with van der Waals surface area (Å²) in [7, 11) is 0. The van der Waals surface area contributed by atoms with Gasteiger partial charge in [-0.2, -0.15) is 26.3 Å². The van der Waals surface area contributed by atoms with Crippen LogP contribution in [0.4, 0.5) is 31.1 Å². The van der Waals surface area contributed by atoms with E-state index < -0.39 is 71.4 Å². The second-order valence-corrected chi connectivity index (χ2v) is 10.1. The van der Waals surface area contributed by atoms with Crippen LogP contribution < -0.4 is 0 Å². The van der Waals surface area contributed by atoms with Gasteiger partial charge in [-0.1, -0.05) is 6.92 Å². The number of fused-ring (bicyclic) bond motifs is 2. The molecule has 6 atom stereocenters. The summed E-state index contributed by atoms with van der Waals surface area (Å²) in [5, 5.41) is 0. The molecule has 5 nitrogen and oxygen atoms in total. The number of carbonyl (C=O) groups excluding carboxylic acids is 2. The minimum atomic E-state index is -4.90. The summed E-state index contributed by atoms with van der Waals surface area (Å²) in [5.74, 6) is -3.74. The summed E-state index contributed by atoms with van der Waals surface area (Å²) < 4.78 is 96.7. The number of hydrogen-bond acceptors (Lipinski definition) is 5. The molecule has 186 valence electrons. The molecule has 0 aliphatic heterocycles. The van der Waals surface area contributed by atoms with Crippen molar-refractivity contribution in [3.8, 4) is 0 Å². The molecule has 0 aromatic carbocycles. The van der Waals surface area contributed by atoms with Crippen molar-refractivity contribution in [2.45, 2.75) is 96.9 Å². The first kappa shape index (κ1) is 26.6. The minimum Gasteiger partial charge on any atom is -0.461 e. The summed E-state index contributed by atoms with van der Waals surface area (Å²) in [5.41, 5.74) is -6.58. The number of halogens is 6. The van der Waals surface area contributed by atoms with Crippen LogP contribution in [0.1, 0.15) is 67.2 Å². The zero-order valence-corrected chi connectivity index (χ0v) is 18.9. The Bertz CT molecular complexity index is 728. The topological polar surface area (TPSA) is 61.8 Å². The van der Waals surface area contributed by atoms with Gasteiger partial charge in [0.2, 0.25) is 5.60 Å². The average molecular weight is 476 g/mol. The second kappa shape index (κ2) is 8.27. The van der Waals surface area contributed by atoms with Gasteiger partial charge >= 0.3 is 24.5 Å². The number of hydrogen-bond donors (Lipinski definition) is 0. The molecule has 2 aliphatic carbocycles. The highest BCUT2D eigenvalue weighted by Crippen LogP contribution is 2.58. The van der Waals surface area contributed by atoms with Gasteiger partial charge in [-0.25, -0.2) is 4.79 Å². The van der Waals surface area contributed by atoms with Crippen molar-refractivity contribution in [2.24, 2.45) is 23.2 Å². The number of ether oxygens (including phenoxy) is 3. The van der Waals surface area contributed by atoms with Gasteiger partial charge in [0, 0.05) is 5.92 Å². The highest BCUT2D eigenvalue weighted by molar-refractivity contribution is 5.77. The first-order chi connectivity index (χ1) is 14.2. The molecule has 6 unspecified atom stereocenters. The predicted molar refractivity (Wildman–Crippen MR) is 100 cm³/mol. The summed E-state index contributed by atoms with van der Waals surface area (Å²) in [6, 6.07) is 0. The molecule has 0 amide bonds. The van der Waals surface area contributed by atoms with Crippen LogP contribution in [-0.2, 0) is 19.0 Å². The Morgan fingerprint density at radius 1 is 0.812 bits per heavy atom. The third-order valence-electron chi connectivity index (χ3n) is 6.79. The largest absolute Gasteiger partial charge is 0.509 e. The van der Waals surface area contributed by atoms with Gasteiger partial charge in [-0.3, -0.25) is 4.79 Å². The molecule has 0 aromatic heterocycles. The molecule has 2 saturated carbocycles. The van der Waals surface area contributed by atoms with E-state index in [-0.39, 0.29) is 19.3 Å². The Hall–Kier alpha value is -1.68. The van der Waals surface area contributed by atoms with Crippen LogP contribution in [0, 0.1) is 23.2 Å². The average Bonchev–Trinajstić information content (AvgIpc) is 3.17. The monoisotopic (exact) mass is 476 g/mol. The zero-order chi connectivity index (χ0) is 24.9. The standard InChI is InChI=1S/C21H30F6O5/c1-7-18(5,20(22,23)24)15(28)30-14-10-11-8-12(14)9-13(11)19(6,21(25,26)27)32-16(29)31-17(2,3)4/h11-14H,7-10H2,1-6H3. The minimum absolute atomic E-state index is 0.0257. The summed E-state index contributed by atoms with van der Waals surface area (Å²) in [6.45, 7) is 7.21. The van der Waals surface area contributed by atoms with Gasteiger partial charge in [0.1, 0.15) is 11.7 Å². The fourth-order valence-electron chi connectivity index (χ4n) is 4.56. The van der Waals surface area contributed by atoms with Crippen LogP contribution >= 0.6 is 0 Å². The second-order valence-electron chi connectivity index (χ2n) is 10.1. The molecule has 0 radical (unpaired) electrons. The molecule has 32 heavy (non-hydrogen) atoms. The lowest BCUT2D eigenvalue weighted by Crippen LogP contribution is -2.55. The fraction of sp³-hybridized carbons (Fsp3) is 0.905. The summed E-state index contributed by atoms with van der Waals surface area (Å²) in [4.78, 5) is 24.3. The predicted octanol–water partition coefficient (Wildman–Crippen LogP) is 6.20. The van der Waals surface area contributed by atoms with Crippen LogP contribution in [0.2, 0.25) is 0 Å². The van der Waals surface area contributed by atoms with Crippen molar-refractivity contribution in [1.29, 1.82) is 0 Å². The van der Waals surface area contributed by atoms with E-state index in [0.717, 1.165) is 13.8 Å². The SMILES string of the molecule is CCC(C)(C(=O)OC1CC2CC1CC2C(C)(OC(=O)OC(C)(C)C)C(F)(F)F)C(F)(F)F. The van der Waals surface area contributed by atoms with Crippen molar-refractivity contribution < 1.29 is 50.1 Å². The molecule has 0 N–H and O–H groups in total. The molecule has 2 bridgehead atoms. The van der Waals surface area contributed by atoms with Crippen LogP contribution in [0.25, 0.3) is 0 Å². The molecular formula is C21H30F6O5. The smallest absolute Gasteiger partial charge is 0.461 e. The van der Waals surface area contributed by atoms with Gasteiger partial charge < -0.3 is 14.2 Å². The van der Waals surface area contributed by atoms with Crippen molar-refractivity contribution in [1.82, 2.24) is 0 Å². The highest BCUT2D eigenvalue weighted by atomic mass is 19.4. The van der Waals surface area contributed by atoms with Gasteiger partial charge in [-0.05, 0) is 72.1 Å². The van der Waals surface area contributed by atoms with Crippen LogP contribution in [0.3, 0.4) is 0 Å². The van der Waals surface area contributed by atoms with Gasteiger partial charge in [0.25, 0.3) is 0 Å². The third-order valence-corrected chi connectivity index (χ3v) is 6.79. The fourth-order valence-corrected chi connectivity index (χ4v) is 4.56. The third kappa shape index (κ3) is 4.95. The van der Waals surface area contributed by atoms with E-state index >= 15 is 0 Å². The van der Waals surface area contributed by atoms with Crippen molar-refractivity contribution in [2.75, 3.05) is 0 Å². The summed E-state index contributed by atoms with van der Waals surface area (Å²) >= 11 is 0. The van der Waals surface area contributed by atoms with Gasteiger partial charge in [-0.15, -0.1) is 0 Å². The molecule has 2 aliphatic rings. The van der Waals surface area contributed by atoms with E-state index in [9.17, 15) is 35.9 Å². The molecular weight excluding hydrogens is 446 g/mol. The Morgan fingerprint density at radius 3 is 1.75 bits per heavy atom. The number of esters is 1. The maximum atomic E-state index is 14.0. The Morgan fingerprint density at radius 2 is 1.38 bits per heavy atom. The first-order valence-corrected chi connectivity index (χ1v) is 10.5. The molecule has 0 heterocycles. The normalized spacial score (nSPS) is 29.8. The van der Waals surface area contributed by atoms with Crippen LogP contribution in [0.5, 0.6) is 0 Å². The molecule has 11 heteroatoms. The first-order valence-electron chi connectivity index (χ1n) is 10.5. The van der Waals surface area contributed by atoms with Crippen molar-refractivity contribution >= 4 is 12.1 Å². The summed E-state index contributed by atoms with van der Waals surface area (Å²) in [6.07, 6.45) is -12.5. The molecule has 0 saturated heterocycles. The molecule has 2 fully saturated rings. The van der Waals surface area contributed by atoms with E-state index in [0.29, 0.717) is 0 Å². The Kier molecular flexibility index (Phi) is 6.87. The number of rotatable bonds is 5. The van der Waals surface area contributed by atoms with E-state index in [1.54, 1.807) is 0 Å². The van der Waals surface area contributed by atoms with Crippen LogP contribution in [0.15, 0.2) is 0 Å². The van der Waals surface area contributed by atoms with Gasteiger partial charge in [0.15, 0.2) is 5.41 Å². The lowest BCUT2D eigenvalue weighted by molar-refractivity contribution is -0.283. The van der Waals surface area contributed by atoms with Crippen LogP contribution in [-0.4, -0.2) is 41.8 Å². The van der Waals surface area contributed by atoms with E-state index in [1.165, 1.54) is 27.7 Å². The Labute approximate surface area is 183 Å². The maximum absolute atomic E-state index is 14.0. The Balaban J connectivity index is 2.15. The highest BCUT2D eigenvalue weighted by Gasteiger charge is 2.66. The lowest BCUT2D eigenvalue weighted by Gasteiger charge is -2.42. The van der Waals surface area contributed by atoms with Crippen molar-refractivity contribution in [3.05, 3.63) is 0 Å². The van der Waals surface area contributed by atoms with E-state index in [2.05, 4.69) is 0 Å². The van der Waals surface area contributed by atoms with Gasteiger partial charge in [0.05, 0.1) is 0 Å².